The molecule has 5 heteroatoms. The standard InChI is InChI=1S/C16H23NO4/c1-4-16(18)17-9-5-6-10-21-12-13-7-8-14(19-2)15(11-13)20-3/h4,7-8,11H,1,5-6,9-10,12H2,2-3H3,(H,17,18). The minimum atomic E-state index is -0.138. The molecule has 1 aromatic carbocycles. The summed E-state index contributed by atoms with van der Waals surface area (Å²) in [6, 6.07) is 5.72. The van der Waals surface area contributed by atoms with E-state index in [0.717, 1.165) is 18.4 Å². The first kappa shape index (κ1) is 17.0. The smallest absolute Gasteiger partial charge is 0.243 e. The predicted octanol–water partition coefficient (Wildman–Crippen LogP) is 2.30. The molecule has 1 rings (SSSR count). The quantitative estimate of drug-likeness (QED) is 0.531. The molecular formula is C16H23NO4. The molecule has 0 saturated carbocycles. The number of amides is 1. The number of carbonyl (C=O) groups is 1. The van der Waals surface area contributed by atoms with Gasteiger partial charge in [-0.25, -0.2) is 0 Å². The molecule has 0 atom stereocenters. The van der Waals surface area contributed by atoms with Crippen LogP contribution < -0.4 is 14.8 Å². The van der Waals surface area contributed by atoms with Crippen LogP contribution in [0.5, 0.6) is 11.5 Å². The lowest BCUT2D eigenvalue weighted by Gasteiger charge is -2.10. The summed E-state index contributed by atoms with van der Waals surface area (Å²) in [5.74, 6) is 1.27. The normalized spacial score (nSPS) is 10.0. The van der Waals surface area contributed by atoms with Crippen LogP contribution >= 0.6 is 0 Å². The Morgan fingerprint density at radius 2 is 2.00 bits per heavy atom. The summed E-state index contributed by atoms with van der Waals surface area (Å²) in [6.45, 7) is 5.21. The second-order valence-corrected chi connectivity index (χ2v) is 4.44. The van der Waals surface area contributed by atoms with Gasteiger partial charge in [-0.2, -0.15) is 0 Å². The fourth-order valence-corrected chi connectivity index (χ4v) is 1.77. The molecule has 0 aliphatic carbocycles. The molecule has 1 N–H and O–H groups in total. The monoisotopic (exact) mass is 293 g/mol. The van der Waals surface area contributed by atoms with Crippen molar-refractivity contribution in [2.75, 3.05) is 27.4 Å². The molecule has 0 saturated heterocycles. The van der Waals surface area contributed by atoms with Crippen LogP contribution in [0, 0.1) is 0 Å². The van der Waals surface area contributed by atoms with Crippen molar-refractivity contribution in [1.29, 1.82) is 0 Å². The average Bonchev–Trinajstić information content (AvgIpc) is 2.53. The van der Waals surface area contributed by atoms with Crippen LogP contribution in [-0.4, -0.2) is 33.3 Å². The molecular weight excluding hydrogens is 270 g/mol. The van der Waals surface area contributed by atoms with Crippen LogP contribution in [0.2, 0.25) is 0 Å². The molecule has 1 aromatic rings. The van der Waals surface area contributed by atoms with Crippen molar-refractivity contribution < 1.29 is 19.0 Å². The molecule has 0 aliphatic heterocycles. The van der Waals surface area contributed by atoms with Crippen molar-refractivity contribution in [1.82, 2.24) is 5.32 Å². The van der Waals surface area contributed by atoms with Gasteiger partial charge in [-0.05, 0) is 36.6 Å². The Kier molecular flexibility index (Phi) is 7.97. The molecule has 21 heavy (non-hydrogen) atoms. The Morgan fingerprint density at radius 3 is 2.67 bits per heavy atom. The van der Waals surface area contributed by atoms with Gasteiger partial charge in [0.25, 0.3) is 0 Å². The number of methoxy groups -OCH3 is 2. The van der Waals surface area contributed by atoms with Crippen molar-refractivity contribution in [2.45, 2.75) is 19.4 Å². The maximum absolute atomic E-state index is 10.9. The van der Waals surface area contributed by atoms with Gasteiger partial charge >= 0.3 is 0 Å². The molecule has 0 radical (unpaired) electrons. The molecule has 0 spiro atoms. The number of rotatable bonds is 10. The average molecular weight is 293 g/mol. The van der Waals surface area contributed by atoms with Gasteiger partial charge in [0.1, 0.15) is 0 Å². The van der Waals surface area contributed by atoms with Crippen LogP contribution in [0.4, 0.5) is 0 Å². The zero-order valence-corrected chi connectivity index (χ0v) is 12.7. The van der Waals surface area contributed by atoms with E-state index in [2.05, 4.69) is 11.9 Å². The third-order valence-corrected chi connectivity index (χ3v) is 2.92. The van der Waals surface area contributed by atoms with Gasteiger partial charge in [-0.1, -0.05) is 12.6 Å². The van der Waals surface area contributed by atoms with Crippen LogP contribution in [0.25, 0.3) is 0 Å². The van der Waals surface area contributed by atoms with Gasteiger partial charge in [-0.3, -0.25) is 4.79 Å². The molecule has 0 heterocycles. The summed E-state index contributed by atoms with van der Waals surface area (Å²) >= 11 is 0. The number of carbonyl (C=O) groups excluding carboxylic acids is 1. The van der Waals surface area contributed by atoms with E-state index in [0.29, 0.717) is 31.3 Å². The largest absolute Gasteiger partial charge is 0.493 e. The highest BCUT2D eigenvalue weighted by molar-refractivity contribution is 5.86. The summed E-state index contributed by atoms with van der Waals surface area (Å²) < 4.78 is 16.0. The second-order valence-electron chi connectivity index (χ2n) is 4.44. The summed E-state index contributed by atoms with van der Waals surface area (Å²) in [5, 5.41) is 2.73. The molecule has 0 aliphatic rings. The van der Waals surface area contributed by atoms with E-state index >= 15 is 0 Å². The van der Waals surface area contributed by atoms with Gasteiger partial charge < -0.3 is 19.5 Å². The highest BCUT2D eigenvalue weighted by atomic mass is 16.5. The molecule has 0 aromatic heterocycles. The summed E-state index contributed by atoms with van der Waals surface area (Å²) in [7, 11) is 3.22. The van der Waals surface area contributed by atoms with Gasteiger partial charge in [0.2, 0.25) is 5.91 Å². The van der Waals surface area contributed by atoms with E-state index in [1.807, 2.05) is 18.2 Å². The van der Waals surface area contributed by atoms with E-state index in [1.165, 1.54) is 6.08 Å². The van der Waals surface area contributed by atoms with Crippen molar-refractivity contribution in [3.8, 4) is 11.5 Å². The Bertz CT molecular complexity index is 460. The number of ether oxygens (including phenoxy) is 3. The lowest BCUT2D eigenvalue weighted by molar-refractivity contribution is -0.116. The van der Waals surface area contributed by atoms with Crippen LogP contribution in [0.15, 0.2) is 30.9 Å². The molecule has 0 bridgehead atoms. The van der Waals surface area contributed by atoms with E-state index in [-0.39, 0.29) is 5.91 Å². The maximum Gasteiger partial charge on any atom is 0.243 e. The van der Waals surface area contributed by atoms with Gasteiger partial charge in [0.15, 0.2) is 11.5 Å². The highest BCUT2D eigenvalue weighted by Crippen LogP contribution is 2.27. The molecule has 1 amide bonds. The number of nitrogens with one attached hydrogen (secondary N) is 1. The van der Waals surface area contributed by atoms with Crippen molar-refractivity contribution in [3.05, 3.63) is 36.4 Å². The van der Waals surface area contributed by atoms with Crippen molar-refractivity contribution in [3.63, 3.8) is 0 Å². The first-order chi connectivity index (χ1) is 10.2. The predicted molar refractivity (Wildman–Crippen MR) is 81.6 cm³/mol. The Morgan fingerprint density at radius 1 is 1.24 bits per heavy atom. The van der Waals surface area contributed by atoms with Crippen molar-refractivity contribution >= 4 is 5.91 Å². The minimum absolute atomic E-state index is 0.138. The van der Waals surface area contributed by atoms with Gasteiger partial charge in [0.05, 0.1) is 20.8 Å². The number of hydrogen-bond acceptors (Lipinski definition) is 4. The van der Waals surface area contributed by atoms with E-state index in [1.54, 1.807) is 14.2 Å². The Balaban J connectivity index is 2.21. The topological polar surface area (TPSA) is 56.8 Å². The molecule has 5 nitrogen and oxygen atoms in total. The van der Waals surface area contributed by atoms with Crippen molar-refractivity contribution in [2.24, 2.45) is 0 Å². The number of unbranched alkanes of at least 4 members (excludes halogenated alkanes) is 1. The van der Waals surface area contributed by atoms with E-state index < -0.39 is 0 Å². The molecule has 0 unspecified atom stereocenters. The van der Waals surface area contributed by atoms with Gasteiger partial charge in [-0.15, -0.1) is 0 Å². The fraction of sp³-hybridized carbons (Fsp3) is 0.438. The molecule has 0 fully saturated rings. The summed E-state index contributed by atoms with van der Waals surface area (Å²) in [6.07, 6.45) is 3.05. The number of hydrogen-bond donors (Lipinski definition) is 1. The van der Waals surface area contributed by atoms with Crippen LogP contribution in [-0.2, 0) is 16.1 Å². The summed E-state index contributed by atoms with van der Waals surface area (Å²) in [4.78, 5) is 10.9. The number of benzene rings is 1. The Labute approximate surface area is 125 Å². The second kappa shape index (κ2) is 9.83. The third-order valence-electron chi connectivity index (χ3n) is 2.92. The maximum atomic E-state index is 10.9. The minimum Gasteiger partial charge on any atom is -0.493 e. The van der Waals surface area contributed by atoms with Crippen LogP contribution in [0.3, 0.4) is 0 Å². The first-order valence-corrected chi connectivity index (χ1v) is 6.90. The third kappa shape index (κ3) is 6.31. The lowest BCUT2D eigenvalue weighted by Crippen LogP contribution is -2.22. The van der Waals surface area contributed by atoms with Gasteiger partial charge in [0, 0.05) is 13.2 Å². The van der Waals surface area contributed by atoms with E-state index in [4.69, 9.17) is 14.2 Å². The highest BCUT2D eigenvalue weighted by Gasteiger charge is 2.04. The summed E-state index contributed by atoms with van der Waals surface area (Å²) in [5.41, 5.74) is 1.03. The SMILES string of the molecule is C=CC(=O)NCCCCOCc1ccc(OC)c(OC)c1. The van der Waals surface area contributed by atoms with Crippen LogP contribution in [0.1, 0.15) is 18.4 Å². The fourth-order valence-electron chi connectivity index (χ4n) is 1.77. The lowest BCUT2D eigenvalue weighted by atomic mass is 10.2. The zero-order valence-electron chi connectivity index (χ0n) is 12.7. The zero-order chi connectivity index (χ0) is 15.5. The Hall–Kier alpha value is -2.01. The first-order valence-electron chi connectivity index (χ1n) is 6.90. The van der Waals surface area contributed by atoms with E-state index in [9.17, 15) is 4.79 Å². The molecule has 116 valence electrons.